The Hall–Kier alpha value is -0.0400. The van der Waals surface area contributed by atoms with Gasteiger partial charge in [-0.25, -0.2) is 0 Å². The van der Waals surface area contributed by atoms with Gasteiger partial charge in [0.2, 0.25) is 0 Å². The summed E-state index contributed by atoms with van der Waals surface area (Å²) in [6, 6.07) is 4.20. The van der Waals surface area contributed by atoms with Crippen molar-refractivity contribution in [3.63, 3.8) is 0 Å². The van der Waals surface area contributed by atoms with Crippen molar-refractivity contribution in [3.8, 4) is 5.75 Å². The Kier molecular flexibility index (Phi) is 8.30. The Morgan fingerprint density at radius 1 is 1.04 bits per heavy atom. The molecule has 2 fully saturated rings. The first-order chi connectivity index (χ1) is 12.1. The molecule has 1 unspecified atom stereocenters. The number of hydrogen-bond acceptors (Lipinski definition) is 2. The number of aryl methyl sites for hydroxylation is 1. The highest BCUT2D eigenvalue weighted by molar-refractivity contribution is 9.10. The van der Waals surface area contributed by atoms with Crippen LogP contribution in [0.3, 0.4) is 0 Å². The van der Waals surface area contributed by atoms with Crippen molar-refractivity contribution in [3.05, 3.63) is 27.7 Å². The minimum atomic E-state index is -0.436. The van der Waals surface area contributed by atoms with Gasteiger partial charge in [0.15, 0.2) is 0 Å². The van der Waals surface area contributed by atoms with Crippen molar-refractivity contribution in [2.45, 2.75) is 38.7 Å². The Morgan fingerprint density at radius 3 is 2.07 bits per heavy atom. The van der Waals surface area contributed by atoms with Crippen LogP contribution < -0.4 is 39.4 Å². The fourth-order valence-electron chi connectivity index (χ4n) is 5.19. The molecule has 0 aliphatic carbocycles. The lowest BCUT2D eigenvalue weighted by molar-refractivity contribution is -0.921. The number of rotatable bonds is 4. The number of likely N-dealkylation sites (tertiary alicyclic amines) is 2. The van der Waals surface area contributed by atoms with Crippen LogP contribution in [0.5, 0.6) is 5.75 Å². The molecule has 27 heavy (non-hydrogen) atoms. The second kappa shape index (κ2) is 9.64. The average molecular weight is 482 g/mol. The van der Waals surface area contributed by atoms with Gasteiger partial charge in [0.25, 0.3) is 0 Å². The molecule has 2 saturated heterocycles. The van der Waals surface area contributed by atoms with E-state index in [1.807, 2.05) is 0 Å². The molecule has 1 aromatic rings. The second-order valence-electron chi connectivity index (χ2n) is 8.49. The number of aliphatic hydroxyl groups excluding tert-OH is 1. The van der Waals surface area contributed by atoms with Gasteiger partial charge in [-0.2, -0.15) is 0 Å². The van der Waals surface area contributed by atoms with Gasteiger partial charge in [0.1, 0.15) is 23.9 Å². The highest BCUT2D eigenvalue weighted by atomic mass is 79.9. The van der Waals surface area contributed by atoms with Crippen LogP contribution in [0, 0.1) is 12.3 Å². The standard InChI is InChI=1S/C20H29BrN2O2.2ClH/c1-15-10-16-18(17(21)11-15)25-14-20(19(16)24,12-22-6-2-3-7-22)13-23-8-4-5-9-23;;/h10-11,19,24H,2-9,12-14H2,1H3;2*1H. The van der Waals surface area contributed by atoms with E-state index in [1.54, 1.807) is 9.80 Å². The van der Waals surface area contributed by atoms with Gasteiger partial charge in [-0.15, -0.1) is 0 Å². The lowest BCUT2D eigenvalue weighted by Crippen LogP contribution is -3.16. The van der Waals surface area contributed by atoms with Crippen molar-refractivity contribution in [2.24, 2.45) is 5.41 Å². The van der Waals surface area contributed by atoms with Gasteiger partial charge < -0.3 is 44.5 Å². The topological polar surface area (TPSA) is 38.3 Å². The summed E-state index contributed by atoms with van der Waals surface area (Å²) in [4.78, 5) is 3.30. The molecule has 0 saturated carbocycles. The summed E-state index contributed by atoms with van der Waals surface area (Å²) in [7, 11) is 0. The van der Waals surface area contributed by atoms with Crippen LogP contribution in [0.15, 0.2) is 16.6 Å². The molecule has 0 radical (unpaired) electrons. The SMILES string of the molecule is Cc1cc(Br)c2c(c1)C(O)C(C[NH+]1CCCC1)(C[NH+]1CCCC1)CO2.[Cl-].[Cl-]. The second-order valence-corrected chi connectivity index (χ2v) is 9.34. The maximum Gasteiger partial charge on any atom is 0.139 e. The van der Waals surface area contributed by atoms with Gasteiger partial charge in [-0.3, -0.25) is 0 Å². The van der Waals surface area contributed by atoms with E-state index < -0.39 is 6.10 Å². The van der Waals surface area contributed by atoms with E-state index in [-0.39, 0.29) is 30.2 Å². The number of aliphatic hydroxyl groups is 1. The molecule has 7 heteroatoms. The highest BCUT2D eigenvalue weighted by Crippen LogP contribution is 2.45. The van der Waals surface area contributed by atoms with Crippen LogP contribution in [0.25, 0.3) is 0 Å². The van der Waals surface area contributed by atoms with E-state index in [9.17, 15) is 5.11 Å². The van der Waals surface area contributed by atoms with Gasteiger partial charge in [-0.05, 0) is 40.5 Å². The fraction of sp³-hybridized carbons (Fsp3) is 0.700. The van der Waals surface area contributed by atoms with Gasteiger partial charge in [0.05, 0.1) is 43.7 Å². The number of halogens is 3. The van der Waals surface area contributed by atoms with Crippen molar-refractivity contribution < 1.29 is 44.5 Å². The van der Waals surface area contributed by atoms with Crippen molar-refractivity contribution in [1.82, 2.24) is 0 Å². The van der Waals surface area contributed by atoms with E-state index in [0.717, 1.165) is 28.9 Å². The molecule has 3 N–H and O–H groups in total. The average Bonchev–Trinajstić information content (AvgIpc) is 3.25. The quantitative estimate of drug-likeness (QED) is 0.401. The van der Waals surface area contributed by atoms with E-state index >= 15 is 0 Å². The Bertz CT molecular complexity index is 617. The lowest BCUT2D eigenvalue weighted by atomic mass is 9.76. The zero-order chi connectivity index (χ0) is 17.4. The number of fused-ring (bicyclic) bond motifs is 1. The van der Waals surface area contributed by atoms with E-state index in [2.05, 4.69) is 35.0 Å². The van der Waals surface area contributed by atoms with Crippen LogP contribution in [-0.4, -0.2) is 51.0 Å². The summed E-state index contributed by atoms with van der Waals surface area (Å²) < 4.78 is 7.25. The Morgan fingerprint density at radius 2 is 1.56 bits per heavy atom. The Balaban J connectivity index is 0.00000131. The summed E-state index contributed by atoms with van der Waals surface area (Å²) >= 11 is 3.63. The highest BCUT2D eigenvalue weighted by Gasteiger charge is 2.51. The van der Waals surface area contributed by atoms with Crippen LogP contribution in [0.2, 0.25) is 0 Å². The molecule has 3 aliphatic rings. The molecule has 154 valence electrons. The zero-order valence-electron chi connectivity index (χ0n) is 16.0. The first-order valence-electron chi connectivity index (χ1n) is 9.85. The van der Waals surface area contributed by atoms with Crippen LogP contribution in [0.4, 0.5) is 0 Å². The molecular weight excluding hydrogens is 451 g/mol. The maximum absolute atomic E-state index is 11.5. The minimum Gasteiger partial charge on any atom is -1.00 e. The van der Waals surface area contributed by atoms with E-state index in [1.165, 1.54) is 57.4 Å². The maximum atomic E-state index is 11.5. The summed E-state index contributed by atoms with van der Waals surface area (Å²) in [5, 5.41) is 11.5. The number of quaternary nitrogens is 2. The number of nitrogens with one attached hydrogen (secondary N) is 2. The zero-order valence-corrected chi connectivity index (χ0v) is 19.1. The molecule has 0 bridgehead atoms. The van der Waals surface area contributed by atoms with Crippen LogP contribution in [-0.2, 0) is 0 Å². The molecule has 0 amide bonds. The third kappa shape index (κ3) is 4.76. The van der Waals surface area contributed by atoms with Gasteiger partial charge in [0, 0.05) is 31.2 Å². The molecule has 4 rings (SSSR count). The monoisotopic (exact) mass is 480 g/mol. The molecule has 0 spiro atoms. The first kappa shape index (κ1) is 23.2. The smallest absolute Gasteiger partial charge is 0.139 e. The predicted octanol–water partition coefficient (Wildman–Crippen LogP) is -5.46. The number of benzene rings is 1. The Labute approximate surface area is 183 Å². The number of hydrogen-bond donors (Lipinski definition) is 3. The van der Waals surface area contributed by atoms with Crippen molar-refractivity contribution in [2.75, 3.05) is 45.9 Å². The van der Waals surface area contributed by atoms with E-state index in [4.69, 9.17) is 4.74 Å². The summed E-state index contributed by atoms with van der Waals surface area (Å²) in [5.41, 5.74) is 1.99. The molecule has 1 atom stereocenters. The normalized spacial score (nSPS) is 24.6. The summed E-state index contributed by atoms with van der Waals surface area (Å²) in [5.74, 6) is 0.849. The van der Waals surface area contributed by atoms with Crippen LogP contribution >= 0.6 is 15.9 Å². The van der Waals surface area contributed by atoms with Gasteiger partial charge >= 0.3 is 0 Å². The van der Waals surface area contributed by atoms with E-state index in [0.29, 0.717) is 6.61 Å². The third-order valence-corrected chi connectivity index (χ3v) is 7.01. The lowest BCUT2D eigenvalue weighted by Gasteiger charge is -2.43. The van der Waals surface area contributed by atoms with Gasteiger partial charge in [-0.1, -0.05) is 0 Å². The third-order valence-electron chi connectivity index (χ3n) is 6.42. The van der Waals surface area contributed by atoms with Crippen LogP contribution in [0.1, 0.15) is 42.9 Å². The summed E-state index contributed by atoms with van der Waals surface area (Å²) in [6.45, 7) is 9.76. The fourth-order valence-corrected chi connectivity index (χ4v) is 5.90. The molecule has 1 aromatic carbocycles. The van der Waals surface area contributed by atoms with Crippen molar-refractivity contribution in [1.29, 1.82) is 0 Å². The van der Waals surface area contributed by atoms with Crippen molar-refractivity contribution >= 4 is 15.9 Å². The predicted molar refractivity (Wildman–Crippen MR) is 101 cm³/mol. The largest absolute Gasteiger partial charge is 1.00 e. The number of ether oxygens (including phenoxy) is 1. The molecule has 0 aromatic heterocycles. The first-order valence-corrected chi connectivity index (χ1v) is 10.6. The molecule has 3 heterocycles. The summed E-state index contributed by atoms with van der Waals surface area (Å²) in [6.07, 6.45) is 4.84. The minimum absolute atomic E-state index is 0. The molecule has 3 aliphatic heterocycles. The molecule has 4 nitrogen and oxygen atoms in total. The molecular formula is C20H31BrCl2N2O2.